The van der Waals surface area contributed by atoms with Crippen molar-refractivity contribution in [2.75, 3.05) is 23.9 Å². The highest BCUT2D eigenvalue weighted by atomic mass is 16.7. The van der Waals surface area contributed by atoms with Crippen LogP contribution in [-0.2, 0) is 4.84 Å². The first-order valence-corrected chi connectivity index (χ1v) is 5.40. The number of anilines is 2. The minimum atomic E-state index is 0.667. The Labute approximate surface area is 93.6 Å². The number of nitrogen functional groups attached to an aromatic ring is 1. The summed E-state index contributed by atoms with van der Waals surface area (Å²) in [5.41, 5.74) is 8.54. The minimum absolute atomic E-state index is 0.667. The van der Waals surface area contributed by atoms with Gasteiger partial charge in [-0.1, -0.05) is 18.2 Å². The van der Waals surface area contributed by atoms with Crippen molar-refractivity contribution in [3.63, 3.8) is 0 Å². The monoisotopic (exact) mass is 215 g/mol. The van der Waals surface area contributed by atoms with E-state index in [-0.39, 0.29) is 0 Å². The minimum Gasteiger partial charge on any atom is -0.396 e. The second-order valence-corrected chi connectivity index (χ2v) is 3.87. The van der Waals surface area contributed by atoms with Crippen LogP contribution >= 0.6 is 0 Å². The summed E-state index contributed by atoms with van der Waals surface area (Å²) in [6, 6.07) is 7.97. The summed E-state index contributed by atoms with van der Waals surface area (Å²) in [6.07, 6.45) is 2.73. The van der Waals surface area contributed by atoms with Crippen LogP contribution in [0.3, 0.4) is 0 Å². The second kappa shape index (κ2) is 3.64. The van der Waals surface area contributed by atoms with Gasteiger partial charge in [0.1, 0.15) is 0 Å². The highest BCUT2D eigenvalue weighted by Crippen LogP contribution is 2.32. The zero-order valence-electron chi connectivity index (χ0n) is 8.89. The van der Waals surface area contributed by atoms with Crippen LogP contribution in [-0.4, -0.2) is 18.1 Å². The van der Waals surface area contributed by atoms with E-state index in [0.717, 1.165) is 36.2 Å². The van der Waals surface area contributed by atoms with E-state index in [2.05, 4.69) is 4.98 Å². The highest BCUT2D eigenvalue weighted by molar-refractivity contribution is 5.97. The van der Waals surface area contributed by atoms with Gasteiger partial charge in [0.05, 0.1) is 29.7 Å². The number of rotatable bonds is 1. The Morgan fingerprint density at radius 2 is 2.19 bits per heavy atom. The first kappa shape index (κ1) is 9.42. The van der Waals surface area contributed by atoms with Crippen LogP contribution in [0.25, 0.3) is 10.9 Å². The maximum atomic E-state index is 5.98. The van der Waals surface area contributed by atoms with Crippen LogP contribution in [0.5, 0.6) is 0 Å². The molecule has 0 aliphatic carbocycles. The average Bonchev–Trinajstić information content (AvgIpc) is 2.82. The molecule has 0 bridgehead atoms. The molecule has 3 rings (SSSR count). The van der Waals surface area contributed by atoms with Crippen LogP contribution in [0, 0.1) is 0 Å². The molecule has 0 unspecified atom stereocenters. The molecule has 16 heavy (non-hydrogen) atoms. The molecule has 0 saturated carbocycles. The Balaban J connectivity index is 2.23. The lowest BCUT2D eigenvalue weighted by Crippen LogP contribution is -2.18. The van der Waals surface area contributed by atoms with Gasteiger partial charge in [-0.15, -0.1) is 0 Å². The molecule has 4 nitrogen and oxygen atoms in total. The molecule has 1 aromatic heterocycles. The number of nitrogens with two attached hydrogens (primary N) is 1. The lowest BCUT2D eigenvalue weighted by Gasteiger charge is -2.19. The fourth-order valence-corrected chi connectivity index (χ4v) is 2.04. The zero-order valence-corrected chi connectivity index (χ0v) is 8.89. The normalized spacial score (nSPS) is 15.9. The van der Waals surface area contributed by atoms with Crippen molar-refractivity contribution in [1.29, 1.82) is 0 Å². The van der Waals surface area contributed by atoms with Crippen molar-refractivity contribution in [2.45, 2.75) is 6.42 Å². The lowest BCUT2D eigenvalue weighted by atomic mass is 10.1. The van der Waals surface area contributed by atoms with Gasteiger partial charge in [0.2, 0.25) is 0 Å². The van der Waals surface area contributed by atoms with Crippen molar-refractivity contribution in [1.82, 2.24) is 4.98 Å². The smallest absolute Gasteiger partial charge is 0.0975 e. The van der Waals surface area contributed by atoms with Gasteiger partial charge >= 0.3 is 0 Å². The van der Waals surface area contributed by atoms with E-state index in [4.69, 9.17) is 10.6 Å². The third-order valence-corrected chi connectivity index (χ3v) is 2.78. The summed E-state index contributed by atoms with van der Waals surface area (Å²) >= 11 is 0. The summed E-state index contributed by atoms with van der Waals surface area (Å²) < 4.78 is 0. The van der Waals surface area contributed by atoms with Gasteiger partial charge in [-0.25, -0.2) is 0 Å². The van der Waals surface area contributed by atoms with Crippen LogP contribution in [0.15, 0.2) is 30.5 Å². The van der Waals surface area contributed by atoms with Gasteiger partial charge in [0, 0.05) is 11.9 Å². The number of fused-ring (bicyclic) bond motifs is 1. The van der Waals surface area contributed by atoms with Gasteiger partial charge in [-0.05, 0) is 12.5 Å². The fraction of sp³-hybridized carbons (Fsp3) is 0.250. The Bertz CT molecular complexity index is 521. The number of aromatic nitrogens is 1. The molecule has 1 fully saturated rings. The molecule has 1 aliphatic heterocycles. The standard InChI is InChI=1S/C12H13N3O/c13-10-8-14-11-5-2-1-4-9(11)12(10)15-6-3-7-16-15/h1-2,4-5,8H,3,6-7,13H2. The van der Waals surface area contributed by atoms with Crippen molar-refractivity contribution >= 4 is 22.3 Å². The second-order valence-electron chi connectivity index (χ2n) is 3.87. The number of hydroxylamine groups is 1. The molecular formula is C12H13N3O. The number of pyridine rings is 1. The molecule has 0 radical (unpaired) electrons. The summed E-state index contributed by atoms with van der Waals surface area (Å²) in [4.78, 5) is 9.86. The molecule has 2 N–H and O–H groups in total. The third kappa shape index (κ3) is 1.39. The van der Waals surface area contributed by atoms with Crippen LogP contribution in [0.2, 0.25) is 0 Å². The predicted molar refractivity (Wildman–Crippen MR) is 64.1 cm³/mol. The number of para-hydroxylation sites is 1. The molecule has 0 amide bonds. The first-order valence-electron chi connectivity index (χ1n) is 5.40. The van der Waals surface area contributed by atoms with E-state index < -0.39 is 0 Å². The molecule has 0 spiro atoms. The van der Waals surface area contributed by atoms with Crippen molar-refractivity contribution in [2.24, 2.45) is 0 Å². The largest absolute Gasteiger partial charge is 0.396 e. The van der Waals surface area contributed by atoms with E-state index in [1.807, 2.05) is 29.3 Å². The van der Waals surface area contributed by atoms with Crippen LogP contribution < -0.4 is 10.8 Å². The van der Waals surface area contributed by atoms with E-state index >= 15 is 0 Å². The van der Waals surface area contributed by atoms with Gasteiger partial charge < -0.3 is 5.73 Å². The third-order valence-electron chi connectivity index (χ3n) is 2.78. The molecular weight excluding hydrogens is 202 g/mol. The van der Waals surface area contributed by atoms with E-state index in [1.54, 1.807) is 6.20 Å². The Kier molecular flexibility index (Phi) is 2.15. The van der Waals surface area contributed by atoms with E-state index in [9.17, 15) is 0 Å². The van der Waals surface area contributed by atoms with Gasteiger partial charge in [-0.2, -0.15) is 0 Å². The van der Waals surface area contributed by atoms with Gasteiger partial charge in [-0.3, -0.25) is 14.9 Å². The Morgan fingerprint density at radius 1 is 1.31 bits per heavy atom. The predicted octanol–water partition coefficient (Wildman–Crippen LogP) is 1.96. The van der Waals surface area contributed by atoms with Crippen molar-refractivity contribution in [3.8, 4) is 0 Å². The number of hydrogen-bond acceptors (Lipinski definition) is 4. The molecule has 2 aromatic rings. The average molecular weight is 215 g/mol. The SMILES string of the molecule is Nc1cnc2ccccc2c1N1CCCO1. The number of benzene rings is 1. The molecule has 2 heterocycles. The Hall–Kier alpha value is -1.81. The first-order chi connectivity index (χ1) is 7.86. The summed E-state index contributed by atoms with van der Waals surface area (Å²) in [6.45, 7) is 1.65. The van der Waals surface area contributed by atoms with Crippen LogP contribution in [0.1, 0.15) is 6.42 Å². The zero-order chi connectivity index (χ0) is 11.0. The summed E-state index contributed by atoms with van der Waals surface area (Å²) in [7, 11) is 0. The molecule has 82 valence electrons. The molecule has 1 aliphatic rings. The summed E-state index contributed by atoms with van der Waals surface area (Å²) in [5.74, 6) is 0. The van der Waals surface area contributed by atoms with Gasteiger partial charge in [0.15, 0.2) is 0 Å². The molecule has 0 atom stereocenters. The maximum Gasteiger partial charge on any atom is 0.0975 e. The highest BCUT2D eigenvalue weighted by Gasteiger charge is 2.18. The van der Waals surface area contributed by atoms with E-state index in [0.29, 0.717) is 5.69 Å². The van der Waals surface area contributed by atoms with Gasteiger partial charge in [0.25, 0.3) is 0 Å². The topological polar surface area (TPSA) is 51.4 Å². The Morgan fingerprint density at radius 3 is 3.00 bits per heavy atom. The summed E-state index contributed by atoms with van der Waals surface area (Å²) in [5, 5.41) is 2.92. The fourth-order valence-electron chi connectivity index (χ4n) is 2.04. The quantitative estimate of drug-likeness (QED) is 0.790. The van der Waals surface area contributed by atoms with Crippen molar-refractivity contribution < 1.29 is 4.84 Å². The van der Waals surface area contributed by atoms with E-state index in [1.165, 1.54) is 0 Å². The number of nitrogens with zero attached hydrogens (tertiary/aromatic N) is 2. The lowest BCUT2D eigenvalue weighted by molar-refractivity contribution is 0.169. The molecule has 1 aromatic carbocycles. The maximum absolute atomic E-state index is 5.98. The van der Waals surface area contributed by atoms with Crippen molar-refractivity contribution in [3.05, 3.63) is 30.5 Å². The molecule has 4 heteroatoms. The molecule has 1 saturated heterocycles. The van der Waals surface area contributed by atoms with Crippen LogP contribution in [0.4, 0.5) is 11.4 Å². The number of hydrogen-bond donors (Lipinski definition) is 1.